The summed E-state index contributed by atoms with van der Waals surface area (Å²) in [6.45, 7) is 6.55. The van der Waals surface area contributed by atoms with Crippen molar-refractivity contribution in [2.45, 2.75) is 33.4 Å². The summed E-state index contributed by atoms with van der Waals surface area (Å²) in [7, 11) is 0. The number of anilines is 1. The van der Waals surface area contributed by atoms with E-state index >= 15 is 0 Å². The van der Waals surface area contributed by atoms with E-state index in [1.54, 1.807) is 16.2 Å². The third-order valence-electron chi connectivity index (χ3n) is 6.28. The Labute approximate surface area is 228 Å². The summed E-state index contributed by atoms with van der Waals surface area (Å²) in [6, 6.07) is 27.6. The molecule has 0 fully saturated rings. The molecule has 0 atom stereocenters. The summed E-state index contributed by atoms with van der Waals surface area (Å²) in [5.74, 6) is -0.0932. The molecular weight excluding hydrogens is 494 g/mol. The van der Waals surface area contributed by atoms with Crippen LogP contribution in [-0.2, 0) is 22.6 Å². The van der Waals surface area contributed by atoms with Crippen LogP contribution >= 0.6 is 11.3 Å². The molecular formula is C31H35N3O3S. The molecule has 1 N–H and O–H groups in total. The number of hydrogen-bond donors (Lipinski definition) is 1. The molecule has 3 aromatic carbocycles. The van der Waals surface area contributed by atoms with Crippen molar-refractivity contribution >= 4 is 39.7 Å². The van der Waals surface area contributed by atoms with Gasteiger partial charge >= 0.3 is 6.03 Å². The number of thiophene rings is 1. The average molecular weight is 530 g/mol. The fourth-order valence-electron chi connectivity index (χ4n) is 4.34. The lowest BCUT2D eigenvalue weighted by molar-refractivity contribution is -0.133. The Morgan fingerprint density at radius 1 is 0.868 bits per heavy atom. The Morgan fingerprint density at radius 3 is 2.39 bits per heavy atom. The lowest BCUT2D eigenvalue weighted by Crippen LogP contribution is -2.44. The van der Waals surface area contributed by atoms with E-state index in [1.807, 2.05) is 84.6 Å². The Bertz CT molecular complexity index is 1330. The molecule has 1 heterocycles. The van der Waals surface area contributed by atoms with Crippen molar-refractivity contribution in [1.29, 1.82) is 0 Å². The maximum Gasteiger partial charge on any atom is 0.322 e. The maximum absolute atomic E-state index is 13.7. The van der Waals surface area contributed by atoms with Crippen molar-refractivity contribution in [2.75, 3.05) is 31.6 Å². The van der Waals surface area contributed by atoms with Crippen LogP contribution < -0.4 is 5.32 Å². The molecule has 0 aliphatic rings. The minimum atomic E-state index is -0.294. The van der Waals surface area contributed by atoms with Gasteiger partial charge in [0.2, 0.25) is 5.91 Å². The quantitative estimate of drug-likeness (QED) is 0.208. The molecule has 0 unspecified atom stereocenters. The maximum atomic E-state index is 13.7. The Morgan fingerprint density at radius 2 is 1.63 bits per heavy atom. The van der Waals surface area contributed by atoms with E-state index < -0.39 is 0 Å². The van der Waals surface area contributed by atoms with Crippen LogP contribution in [0.15, 0.2) is 84.9 Å². The molecule has 0 spiro atoms. The van der Waals surface area contributed by atoms with Crippen LogP contribution in [0.4, 0.5) is 10.5 Å². The summed E-state index contributed by atoms with van der Waals surface area (Å²) in [4.78, 5) is 33.0. The Hall–Kier alpha value is -3.68. The number of rotatable bonds is 12. The van der Waals surface area contributed by atoms with E-state index in [2.05, 4.69) is 24.4 Å². The van der Waals surface area contributed by atoms with Gasteiger partial charge in [0.25, 0.3) is 0 Å². The number of aryl methyl sites for hydroxylation is 1. The van der Waals surface area contributed by atoms with E-state index in [9.17, 15) is 9.59 Å². The molecule has 4 aromatic rings. The number of nitrogens with zero attached hydrogens (tertiary/aromatic N) is 2. The Balaban J connectivity index is 1.52. The van der Waals surface area contributed by atoms with Crippen LogP contribution in [0, 0.1) is 6.92 Å². The minimum Gasteiger partial charge on any atom is -0.382 e. The van der Waals surface area contributed by atoms with Crippen molar-refractivity contribution in [3.63, 3.8) is 0 Å². The molecule has 0 saturated heterocycles. The van der Waals surface area contributed by atoms with Gasteiger partial charge in [-0.1, -0.05) is 66.7 Å². The average Bonchev–Trinajstić information content (AvgIpc) is 3.35. The van der Waals surface area contributed by atoms with Gasteiger partial charge in [-0.2, -0.15) is 0 Å². The molecule has 0 aliphatic heterocycles. The first kappa shape index (κ1) is 27.4. The highest BCUT2D eigenvalue weighted by atomic mass is 32.1. The van der Waals surface area contributed by atoms with E-state index in [0.717, 1.165) is 26.9 Å². The first-order valence-corrected chi connectivity index (χ1v) is 13.8. The molecule has 1 aromatic heterocycles. The summed E-state index contributed by atoms with van der Waals surface area (Å²) >= 11 is 1.69. The van der Waals surface area contributed by atoms with Crippen LogP contribution in [0.1, 0.15) is 28.7 Å². The van der Waals surface area contributed by atoms with Gasteiger partial charge in [0, 0.05) is 41.4 Å². The molecule has 0 aliphatic carbocycles. The monoisotopic (exact) mass is 529 g/mol. The number of benzene rings is 3. The second-order valence-electron chi connectivity index (χ2n) is 9.18. The number of fused-ring (bicyclic) bond motifs is 1. The van der Waals surface area contributed by atoms with E-state index in [-0.39, 0.29) is 18.5 Å². The summed E-state index contributed by atoms with van der Waals surface area (Å²) < 4.78 is 5.50. The van der Waals surface area contributed by atoms with Crippen molar-refractivity contribution in [3.05, 3.63) is 100 Å². The van der Waals surface area contributed by atoms with Gasteiger partial charge in [0.05, 0.1) is 12.2 Å². The van der Waals surface area contributed by atoms with Gasteiger partial charge in [-0.25, -0.2) is 4.79 Å². The molecule has 38 heavy (non-hydrogen) atoms. The molecule has 0 saturated carbocycles. The van der Waals surface area contributed by atoms with Crippen LogP contribution in [0.25, 0.3) is 10.8 Å². The molecule has 0 radical (unpaired) electrons. The third kappa shape index (κ3) is 7.66. The van der Waals surface area contributed by atoms with Crippen LogP contribution in [0.2, 0.25) is 0 Å². The topological polar surface area (TPSA) is 61.9 Å². The normalized spacial score (nSPS) is 10.9. The second-order valence-corrected chi connectivity index (χ2v) is 10.5. The van der Waals surface area contributed by atoms with Gasteiger partial charge in [0.1, 0.15) is 6.54 Å². The van der Waals surface area contributed by atoms with E-state index in [0.29, 0.717) is 39.3 Å². The van der Waals surface area contributed by atoms with Crippen molar-refractivity contribution < 1.29 is 14.3 Å². The number of carbonyl (C=O) groups excluding carboxylic acids is 2. The zero-order valence-electron chi connectivity index (χ0n) is 22.1. The largest absolute Gasteiger partial charge is 0.382 e. The number of ether oxygens (including phenoxy) is 1. The van der Waals surface area contributed by atoms with Gasteiger partial charge in [-0.05, 0) is 49.4 Å². The van der Waals surface area contributed by atoms with Gasteiger partial charge < -0.3 is 19.9 Å². The molecule has 198 valence electrons. The highest BCUT2D eigenvalue weighted by Gasteiger charge is 2.23. The fraction of sp³-hybridized carbons (Fsp3) is 0.290. The van der Waals surface area contributed by atoms with Gasteiger partial charge in [-0.15, -0.1) is 11.3 Å². The zero-order valence-corrected chi connectivity index (χ0v) is 22.9. The molecule has 6 nitrogen and oxygen atoms in total. The SMILES string of the molecule is CCOCCCN(CC(=O)N(Cc1ccccc1)Cc1ccc(C)s1)C(=O)Nc1cccc2ccccc12. The molecule has 7 heteroatoms. The smallest absolute Gasteiger partial charge is 0.322 e. The van der Waals surface area contributed by atoms with E-state index in [4.69, 9.17) is 4.74 Å². The van der Waals surface area contributed by atoms with Gasteiger partial charge in [-0.3, -0.25) is 4.79 Å². The summed E-state index contributed by atoms with van der Waals surface area (Å²) in [5, 5.41) is 5.06. The Kier molecular flexibility index (Phi) is 9.90. The molecule has 0 bridgehead atoms. The minimum absolute atomic E-state index is 0.0140. The lowest BCUT2D eigenvalue weighted by atomic mass is 10.1. The summed E-state index contributed by atoms with van der Waals surface area (Å²) in [6.07, 6.45) is 0.646. The van der Waals surface area contributed by atoms with Crippen molar-refractivity contribution in [3.8, 4) is 0 Å². The number of amides is 3. The lowest BCUT2D eigenvalue weighted by Gasteiger charge is -2.28. The first-order chi connectivity index (χ1) is 18.5. The van der Waals surface area contributed by atoms with Crippen molar-refractivity contribution in [1.82, 2.24) is 9.80 Å². The van der Waals surface area contributed by atoms with Crippen molar-refractivity contribution in [2.24, 2.45) is 0 Å². The summed E-state index contributed by atoms with van der Waals surface area (Å²) in [5.41, 5.74) is 1.78. The second kappa shape index (κ2) is 13.7. The highest BCUT2D eigenvalue weighted by molar-refractivity contribution is 7.11. The molecule has 3 amide bonds. The van der Waals surface area contributed by atoms with Crippen LogP contribution in [0.3, 0.4) is 0 Å². The van der Waals surface area contributed by atoms with Crippen LogP contribution in [-0.4, -0.2) is 48.0 Å². The van der Waals surface area contributed by atoms with E-state index in [1.165, 1.54) is 4.88 Å². The van der Waals surface area contributed by atoms with Gasteiger partial charge in [0.15, 0.2) is 0 Å². The molecule has 4 rings (SSSR count). The fourth-order valence-corrected chi connectivity index (χ4v) is 5.25. The first-order valence-electron chi connectivity index (χ1n) is 13.0. The standard InChI is InChI=1S/C31H35N3O3S/c1-3-37-20-10-19-33(31(36)32-29-16-9-14-26-13-7-8-15-28(26)29)23-30(35)34(21-25-11-5-4-6-12-25)22-27-18-17-24(2)38-27/h4-9,11-18H,3,10,19-23H2,1-2H3,(H,32,36). The highest BCUT2D eigenvalue weighted by Crippen LogP contribution is 2.24. The third-order valence-corrected chi connectivity index (χ3v) is 7.26. The number of nitrogens with one attached hydrogen (secondary N) is 1. The number of hydrogen-bond acceptors (Lipinski definition) is 4. The predicted molar refractivity (Wildman–Crippen MR) is 155 cm³/mol. The number of carbonyl (C=O) groups is 2. The predicted octanol–water partition coefficient (Wildman–Crippen LogP) is 6.70. The van der Waals surface area contributed by atoms with Crippen LogP contribution in [0.5, 0.6) is 0 Å². The zero-order chi connectivity index (χ0) is 26.7. The number of urea groups is 1.